The van der Waals surface area contributed by atoms with Crippen LogP contribution in [0.3, 0.4) is 0 Å². The molecule has 0 bridgehead atoms. The zero-order valence-corrected chi connectivity index (χ0v) is 36.5. The lowest BCUT2D eigenvalue weighted by Crippen LogP contribution is -2.66. The molecule has 5 aliphatic carbocycles. The lowest BCUT2D eigenvalue weighted by Gasteiger charge is -2.72. The summed E-state index contributed by atoms with van der Waals surface area (Å²) in [7, 11) is 0. The first-order chi connectivity index (χ1) is 27.0. The largest absolute Gasteiger partial charge is 0.481 e. The van der Waals surface area contributed by atoms with Crippen LogP contribution in [0.25, 0.3) is 0 Å². The molecule has 58 heavy (non-hydrogen) atoms. The number of hydrogen-bond acceptors (Lipinski definition) is 9. The summed E-state index contributed by atoms with van der Waals surface area (Å²) in [6.45, 7) is 18.7. The molecule has 2 unspecified atom stereocenters. The van der Waals surface area contributed by atoms with Gasteiger partial charge in [0.05, 0.1) is 49.3 Å². The van der Waals surface area contributed by atoms with Gasteiger partial charge in [-0.15, -0.1) is 0 Å². The molecule has 4 fully saturated rings. The van der Waals surface area contributed by atoms with Crippen LogP contribution in [0.15, 0.2) is 35.5 Å². The van der Waals surface area contributed by atoms with Crippen molar-refractivity contribution in [3.05, 3.63) is 41.2 Å². The number of aliphatic hydroxyl groups excluding tert-OH is 3. The van der Waals surface area contributed by atoms with E-state index in [9.17, 15) is 39.6 Å². The van der Waals surface area contributed by atoms with E-state index in [1.54, 1.807) is 26.1 Å². The molecule has 11 heteroatoms. The Balaban J connectivity index is 1.30. The van der Waals surface area contributed by atoms with Gasteiger partial charge < -0.3 is 30.1 Å². The maximum Gasteiger partial charge on any atom is 0.309 e. The summed E-state index contributed by atoms with van der Waals surface area (Å²) in [4.78, 5) is 58.8. The average molecular weight is 807 g/mol. The van der Waals surface area contributed by atoms with Crippen LogP contribution in [0.2, 0.25) is 0 Å². The van der Waals surface area contributed by atoms with Gasteiger partial charge in [-0.25, -0.2) is 0 Å². The summed E-state index contributed by atoms with van der Waals surface area (Å²) in [5, 5.41) is 42.0. The van der Waals surface area contributed by atoms with E-state index in [1.165, 1.54) is 4.90 Å². The van der Waals surface area contributed by atoms with Gasteiger partial charge in [0.15, 0.2) is 5.78 Å². The molecule has 6 rings (SSSR count). The number of amides is 1. The number of ketones is 1. The van der Waals surface area contributed by atoms with Gasteiger partial charge in [0, 0.05) is 30.0 Å². The second-order valence-corrected chi connectivity index (χ2v) is 21.2. The fourth-order valence-electron chi connectivity index (χ4n) is 13.6. The number of Topliss-reactive ketones (excluding diaryl/α,β-unsaturated/α-hetero) is 1. The van der Waals surface area contributed by atoms with Crippen LogP contribution in [0.1, 0.15) is 139 Å². The average Bonchev–Trinajstić information content (AvgIpc) is 3.46. The predicted molar refractivity (Wildman–Crippen MR) is 219 cm³/mol. The lowest BCUT2D eigenvalue weighted by molar-refractivity contribution is -0.235. The van der Waals surface area contributed by atoms with E-state index in [-0.39, 0.29) is 77.7 Å². The molecule has 322 valence electrons. The summed E-state index contributed by atoms with van der Waals surface area (Å²) in [6, 6.07) is 5.46. The van der Waals surface area contributed by atoms with Crippen LogP contribution >= 0.6 is 0 Å². The van der Waals surface area contributed by atoms with E-state index in [1.807, 2.05) is 12.1 Å². The Kier molecular flexibility index (Phi) is 12.0. The SMILES string of the molecule is CC(C)C1=C2[C@H]3CC[C@@H]4[C@@]5(C)CC[C@H](OC(=O)CC(C)(C)C(=O)O)C(C)(C)[C@@H]5CC[C@@]4(C)[C@]3(C)CCC2(C(O)CN(Cc2ccccn2)C(=O)C[C@H](O)CO)CC1=O. The van der Waals surface area contributed by atoms with E-state index in [4.69, 9.17) is 4.74 Å². The van der Waals surface area contributed by atoms with Gasteiger partial charge in [0.2, 0.25) is 5.91 Å². The van der Waals surface area contributed by atoms with Crippen molar-refractivity contribution >= 4 is 23.6 Å². The molecule has 1 aromatic heterocycles. The first-order valence-corrected chi connectivity index (χ1v) is 21.8. The number of pyridine rings is 1. The Morgan fingerprint density at radius 3 is 2.28 bits per heavy atom. The second-order valence-electron chi connectivity index (χ2n) is 21.2. The fraction of sp³-hybridized carbons (Fsp3) is 0.766. The third-order valence-corrected chi connectivity index (χ3v) is 16.9. The number of aliphatic carboxylic acids is 1. The molecular formula is C47H70N2O9. The molecule has 0 saturated heterocycles. The highest BCUT2D eigenvalue weighted by Crippen LogP contribution is 2.77. The van der Waals surface area contributed by atoms with Crippen LogP contribution in [0.4, 0.5) is 0 Å². The van der Waals surface area contributed by atoms with Crippen molar-refractivity contribution in [1.29, 1.82) is 0 Å². The number of carbonyl (C=O) groups excluding carboxylic acids is 3. The molecule has 4 saturated carbocycles. The van der Waals surface area contributed by atoms with Gasteiger partial charge in [-0.1, -0.05) is 60.1 Å². The monoisotopic (exact) mass is 807 g/mol. The number of nitrogens with zero attached hydrogens (tertiary/aromatic N) is 2. The van der Waals surface area contributed by atoms with Crippen molar-refractivity contribution in [2.24, 2.45) is 56.2 Å². The smallest absolute Gasteiger partial charge is 0.309 e. The van der Waals surface area contributed by atoms with Gasteiger partial charge in [0.1, 0.15) is 6.10 Å². The minimum atomic E-state index is -1.22. The molecule has 1 aromatic rings. The van der Waals surface area contributed by atoms with Crippen molar-refractivity contribution in [1.82, 2.24) is 9.88 Å². The molecule has 0 aromatic carbocycles. The zero-order chi connectivity index (χ0) is 42.8. The molecule has 10 atom stereocenters. The number of carboxylic acids is 1. The third kappa shape index (κ3) is 7.26. The van der Waals surface area contributed by atoms with E-state index >= 15 is 0 Å². The minimum absolute atomic E-state index is 0.0198. The van der Waals surface area contributed by atoms with Crippen LogP contribution in [-0.2, 0) is 30.5 Å². The minimum Gasteiger partial charge on any atom is -0.481 e. The molecule has 1 heterocycles. The lowest BCUT2D eigenvalue weighted by atomic mass is 9.33. The van der Waals surface area contributed by atoms with E-state index in [0.717, 1.165) is 56.1 Å². The molecule has 0 spiro atoms. The number of ether oxygens (including phenoxy) is 1. The molecular weight excluding hydrogens is 737 g/mol. The van der Waals surface area contributed by atoms with E-state index < -0.39 is 47.5 Å². The molecule has 5 aliphatic rings. The Morgan fingerprint density at radius 1 is 0.948 bits per heavy atom. The van der Waals surface area contributed by atoms with Crippen molar-refractivity contribution < 1.29 is 44.3 Å². The summed E-state index contributed by atoms with van der Waals surface area (Å²) >= 11 is 0. The van der Waals surface area contributed by atoms with Gasteiger partial charge in [-0.3, -0.25) is 24.2 Å². The number of hydrogen-bond donors (Lipinski definition) is 4. The highest BCUT2D eigenvalue weighted by atomic mass is 16.5. The Morgan fingerprint density at radius 2 is 1.66 bits per heavy atom. The van der Waals surface area contributed by atoms with Gasteiger partial charge >= 0.3 is 11.9 Å². The Bertz CT molecular complexity index is 1790. The molecule has 11 nitrogen and oxygen atoms in total. The normalized spacial score (nSPS) is 35.3. The summed E-state index contributed by atoms with van der Waals surface area (Å²) in [5.74, 6) is -1.02. The number of carbonyl (C=O) groups is 4. The molecule has 1 amide bonds. The van der Waals surface area contributed by atoms with E-state index in [0.29, 0.717) is 24.0 Å². The summed E-state index contributed by atoms with van der Waals surface area (Å²) in [6.07, 6.45) is 5.82. The summed E-state index contributed by atoms with van der Waals surface area (Å²) < 4.78 is 6.16. The molecule has 0 radical (unpaired) electrons. The van der Waals surface area contributed by atoms with Crippen molar-refractivity contribution in [3.8, 4) is 0 Å². The number of esters is 1. The van der Waals surface area contributed by atoms with Crippen molar-refractivity contribution in [2.45, 2.75) is 158 Å². The number of aliphatic hydroxyl groups is 3. The third-order valence-electron chi connectivity index (χ3n) is 16.9. The van der Waals surface area contributed by atoms with E-state index in [2.05, 4.69) is 53.5 Å². The maximum absolute atomic E-state index is 14.3. The van der Waals surface area contributed by atoms with Crippen LogP contribution < -0.4 is 0 Å². The first kappa shape index (κ1) is 44.4. The highest BCUT2D eigenvalue weighted by Gasteiger charge is 2.71. The standard InChI is InChI=1S/C47H70N2O9/c1-28(2)39-32(52)23-47(35(53)26-49(37(54)22-30(51)27-50)25-29-12-10-11-21-48-29)20-19-45(8)31(40(39)47)13-14-34-44(7)17-16-36(58-38(55)24-42(3,4)41(56)57)43(5,6)33(44)15-18-46(34,45)9/h10-12,21,28,30-31,33-36,50-51,53H,13-20,22-27H2,1-9H3,(H,56,57)/t30-,31+,33-,34+,35?,36-,44-,45+,46+,47?/m0/s1. The van der Waals surface area contributed by atoms with Gasteiger partial charge in [0.25, 0.3) is 0 Å². The number of allylic oxidation sites excluding steroid dienone is 1. The summed E-state index contributed by atoms with van der Waals surface area (Å²) in [5.41, 5.74) is 0.0432. The van der Waals surface area contributed by atoms with Crippen LogP contribution in [0.5, 0.6) is 0 Å². The topological polar surface area (TPSA) is 175 Å². The number of carboxylic acid groups (broad SMARTS) is 1. The number of fused-ring (bicyclic) bond motifs is 7. The van der Waals surface area contributed by atoms with Crippen molar-refractivity contribution in [2.75, 3.05) is 13.2 Å². The van der Waals surface area contributed by atoms with Crippen molar-refractivity contribution in [3.63, 3.8) is 0 Å². The fourth-order valence-corrected chi connectivity index (χ4v) is 13.6. The zero-order valence-electron chi connectivity index (χ0n) is 36.5. The number of rotatable bonds is 13. The second kappa shape index (κ2) is 15.7. The Labute approximate surface area is 345 Å². The first-order valence-electron chi connectivity index (χ1n) is 21.8. The predicted octanol–water partition coefficient (Wildman–Crippen LogP) is 6.91. The molecule has 4 N–H and O–H groups in total. The quantitative estimate of drug-likeness (QED) is 0.154. The van der Waals surface area contributed by atoms with Gasteiger partial charge in [-0.05, 0) is 123 Å². The van der Waals surface area contributed by atoms with Crippen LogP contribution in [0, 0.1) is 56.2 Å². The number of aromatic nitrogens is 1. The highest BCUT2D eigenvalue weighted by molar-refractivity contribution is 6.00. The molecule has 0 aliphatic heterocycles. The van der Waals surface area contributed by atoms with Gasteiger partial charge in [-0.2, -0.15) is 0 Å². The maximum atomic E-state index is 14.3. The Hall–Kier alpha value is -3.15. The van der Waals surface area contributed by atoms with Crippen LogP contribution in [-0.4, -0.2) is 85.4 Å².